The van der Waals surface area contributed by atoms with Crippen LogP contribution >= 0.6 is 0 Å². The summed E-state index contributed by atoms with van der Waals surface area (Å²) >= 11 is 0. The summed E-state index contributed by atoms with van der Waals surface area (Å²) in [5.74, 6) is 0. The van der Waals surface area contributed by atoms with Gasteiger partial charge >= 0.3 is 0 Å². The van der Waals surface area contributed by atoms with Gasteiger partial charge in [-0.05, 0) is 55.0 Å². The van der Waals surface area contributed by atoms with E-state index in [1.165, 1.54) is 18.4 Å². The lowest BCUT2D eigenvalue weighted by Gasteiger charge is -2.00. The van der Waals surface area contributed by atoms with Crippen LogP contribution in [0, 0.1) is 6.92 Å². The van der Waals surface area contributed by atoms with Crippen molar-refractivity contribution in [3.05, 3.63) is 48.0 Å². The van der Waals surface area contributed by atoms with Gasteiger partial charge in [0.05, 0.1) is 16.3 Å². The largest absolute Gasteiger partial charge is 0.399 e. The number of rotatable bonds is 3. The molecule has 0 spiro atoms. The molecule has 104 valence electrons. The van der Waals surface area contributed by atoms with Gasteiger partial charge in [0, 0.05) is 11.9 Å². The minimum Gasteiger partial charge on any atom is -0.399 e. The normalized spacial score (nSPS) is 11.9. The van der Waals surface area contributed by atoms with Crippen LogP contribution in [0.2, 0.25) is 0 Å². The van der Waals surface area contributed by atoms with Crippen molar-refractivity contribution in [3.8, 4) is 0 Å². The lowest BCUT2D eigenvalue weighted by molar-refractivity contribution is 0.602. The highest BCUT2D eigenvalue weighted by Gasteiger charge is 2.05. The molecule has 0 aromatic heterocycles. The molecule has 0 atom stereocenters. The van der Waals surface area contributed by atoms with Crippen LogP contribution in [-0.2, 0) is 9.84 Å². The summed E-state index contributed by atoms with van der Waals surface area (Å²) in [4.78, 5) is 0.264. The van der Waals surface area contributed by atoms with Crippen LogP contribution in [-0.4, -0.2) is 14.7 Å². The van der Waals surface area contributed by atoms with Crippen molar-refractivity contribution in [2.75, 3.05) is 12.0 Å². The van der Waals surface area contributed by atoms with Crippen molar-refractivity contribution in [2.24, 2.45) is 10.2 Å². The Morgan fingerprint density at radius 3 is 2.20 bits per heavy atom. The number of azo groups is 1. The Hall–Kier alpha value is -2.21. The Balaban J connectivity index is 2.24. The average molecular weight is 289 g/mol. The molecule has 0 fully saturated rings. The smallest absolute Gasteiger partial charge is 0.175 e. The Labute approximate surface area is 118 Å². The van der Waals surface area contributed by atoms with Crippen LogP contribution < -0.4 is 5.73 Å². The monoisotopic (exact) mass is 289 g/mol. The van der Waals surface area contributed by atoms with E-state index in [1.54, 1.807) is 24.3 Å². The highest BCUT2D eigenvalue weighted by Crippen LogP contribution is 2.24. The van der Waals surface area contributed by atoms with Crippen molar-refractivity contribution >= 4 is 26.9 Å². The Morgan fingerprint density at radius 2 is 1.65 bits per heavy atom. The van der Waals surface area contributed by atoms with Crippen LogP contribution in [0.25, 0.3) is 0 Å². The van der Waals surface area contributed by atoms with E-state index in [1.807, 2.05) is 13.0 Å². The molecule has 5 nitrogen and oxygen atoms in total. The van der Waals surface area contributed by atoms with E-state index in [9.17, 15) is 8.42 Å². The number of aryl methyl sites for hydroxylation is 1. The zero-order valence-corrected chi connectivity index (χ0v) is 12.1. The zero-order chi connectivity index (χ0) is 14.8. The molecule has 0 saturated carbocycles. The summed E-state index contributed by atoms with van der Waals surface area (Å²) in [6.45, 7) is 1.90. The van der Waals surface area contributed by atoms with Crippen molar-refractivity contribution in [1.29, 1.82) is 0 Å². The molecule has 0 aliphatic carbocycles. The van der Waals surface area contributed by atoms with Gasteiger partial charge in [0.15, 0.2) is 9.84 Å². The van der Waals surface area contributed by atoms with Gasteiger partial charge in [-0.2, -0.15) is 10.2 Å². The summed E-state index contributed by atoms with van der Waals surface area (Å²) in [6.07, 6.45) is 1.17. The second kappa shape index (κ2) is 5.42. The Morgan fingerprint density at radius 1 is 1.00 bits per heavy atom. The molecule has 0 radical (unpaired) electrons. The van der Waals surface area contributed by atoms with Crippen molar-refractivity contribution in [1.82, 2.24) is 0 Å². The summed E-state index contributed by atoms with van der Waals surface area (Å²) in [5, 5.41) is 8.21. The number of nitrogen functional groups attached to an aromatic ring is 1. The number of nitrogens with zero attached hydrogens (tertiary/aromatic N) is 2. The first-order valence-corrected chi connectivity index (χ1v) is 7.83. The van der Waals surface area contributed by atoms with Gasteiger partial charge < -0.3 is 5.73 Å². The molecule has 0 saturated heterocycles. The van der Waals surface area contributed by atoms with Gasteiger partial charge in [-0.3, -0.25) is 0 Å². The number of hydrogen-bond acceptors (Lipinski definition) is 5. The van der Waals surface area contributed by atoms with Crippen LogP contribution in [0.5, 0.6) is 0 Å². The van der Waals surface area contributed by atoms with Crippen LogP contribution in [0.4, 0.5) is 17.1 Å². The van der Waals surface area contributed by atoms with E-state index in [0.29, 0.717) is 11.4 Å². The SMILES string of the molecule is Cc1cc(N)ccc1N=Nc1ccc(S(C)(=O)=O)cc1. The minimum atomic E-state index is -3.18. The van der Waals surface area contributed by atoms with E-state index in [4.69, 9.17) is 5.73 Å². The fourth-order valence-electron chi connectivity index (χ4n) is 1.66. The first-order chi connectivity index (χ1) is 9.36. The fraction of sp³-hybridized carbons (Fsp3) is 0.143. The fourth-order valence-corrected chi connectivity index (χ4v) is 2.29. The van der Waals surface area contributed by atoms with Crippen LogP contribution in [0.15, 0.2) is 57.6 Å². The van der Waals surface area contributed by atoms with Crippen LogP contribution in [0.1, 0.15) is 5.56 Å². The second-order valence-electron chi connectivity index (χ2n) is 4.51. The summed E-state index contributed by atoms with van der Waals surface area (Å²) in [7, 11) is -3.18. The Kier molecular flexibility index (Phi) is 3.85. The van der Waals surface area contributed by atoms with Crippen molar-refractivity contribution in [2.45, 2.75) is 11.8 Å². The highest BCUT2D eigenvalue weighted by molar-refractivity contribution is 7.90. The first-order valence-electron chi connectivity index (χ1n) is 5.94. The van der Waals surface area contributed by atoms with Gasteiger partial charge in [0.25, 0.3) is 0 Å². The highest BCUT2D eigenvalue weighted by atomic mass is 32.2. The first kappa shape index (κ1) is 14.2. The molecule has 2 aromatic rings. The molecule has 0 amide bonds. The predicted molar refractivity (Wildman–Crippen MR) is 79.3 cm³/mol. The second-order valence-corrected chi connectivity index (χ2v) is 6.53. The summed E-state index contributed by atoms with van der Waals surface area (Å²) in [6, 6.07) is 11.6. The number of benzene rings is 2. The Bertz CT molecular complexity index is 750. The van der Waals surface area contributed by atoms with E-state index in [0.717, 1.165) is 11.3 Å². The maximum Gasteiger partial charge on any atom is 0.175 e. The topological polar surface area (TPSA) is 84.9 Å². The molecule has 2 N–H and O–H groups in total. The van der Waals surface area contributed by atoms with E-state index in [2.05, 4.69) is 10.2 Å². The zero-order valence-electron chi connectivity index (χ0n) is 11.2. The number of hydrogen-bond donors (Lipinski definition) is 1. The third kappa shape index (κ3) is 3.42. The quantitative estimate of drug-likeness (QED) is 0.694. The van der Waals surface area contributed by atoms with E-state index >= 15 is 0 Å². The maximum absolute atomic E-state index is 11.3. The van der Waals surface area contributed by atoms with E-state index in [-0.39, 0.29) is 4.90 Å². The molecule has 6 heteroatoms. The van der Waals surface area contributed by atoms with Gasteiger partial charge in [-0.1, -0.05) is 0 Å². The van der Waals surface area contributed by atoms with Gasteiger partial charge in [-0.25, -0.2) is 8.42 Å². The number of nitrogens with two attached hydrogens (primary N) is 1. The molecule has 0 bridgehead atoms. The van der Waals surface area contributed by atoms with Gasteiger partial charge in [0.2, 0.25) is 0 Å². The molecule has 0 aliphatic rings. The van der Waals surface area contributed by atoms with E-state index < -0.39 is 9.84 Å². The summed E-state index contributed by atoms with van der Waals surface area (Å²) in [5.41, 5.74) is 8.59. The lowest BCUT2D eigenvalue weighted by atomic mass is 10.2. The molecular weight excluding hydrogens is 274 g/mol. The van der Waals surface area contributed by atoms with Gasteiger partial charge in [0.1, 0.15) is 0 Å². The summed E-state index contributed by atoms with van der Waals surface area (Å²) < 4.78 is 22.7. The predicted octanol–water partition coefficient (Wildman–Crippen LogP) is 3.40. The molecular formula is C14H15N3O2S. The maximum atomic E-state index is 11.3. The number of sulfone groups is 1. The molecule has 0 aliphatic heterocycles. The van der Waals surface area contributed by atoms with Crippen molar-refractivity contribution < 1.29 is 8.42 Å². The average Bonchev–Trinajstić information content (AvgIpc) is 2.37. The van der Waals surface area contributed by atoms with Crippen molar-refractivity contribution in [3.63, 3.8) is 0 Å². The molecule has 20 heavy (non-hydrogen) atoms. The molecule has 2 rings (SSSR count). The standard InChI is InChI=1S/C14H15N3O2S/c1-10-9-11(15)3-8-14(10)17-16-12-4-6-13(7-5-12)20(2,18)19/h3-9H,15H2,1-2H3. The third-order valence-electron chi connectivity index (χ3n) is 2.76. The van der Waals surface area contributed by atoms with Crippen LogP contribution in [0.3, 0.4) is 0 Å². The lowest BCUT2D eigenvalue weighted by Crippen LogP contribution is -1.95. The van der Waals surface area contributed by atoms with Gasteiger partial charge in [-0.15, -0.1) is 0 Å². The molecule has 0 unspecified atom stereocenters. The number of anilines is 1. The minimum absolute atomic E-state index is 0.264. The molecule has 2 aromatic carbocycles. The third-order valence-corrected chi connectivity index (χ3v) is 3.89. The molecule has 0 heterocycles.